The monoisotopic (exact) mass is 190 g/mol. The van der Waals surface area contributed by atoms with E-state index in [-0.39, 0.29) is 5.82 Å². The first-order chi connectivity index (χ1) is 6.74. The third-order valence-corrected chi connectivity index (χ3v) is 2.04. The lowest BCUT2D eigenvalue weighted by atomic mass is 10.3. The van der Waals surface area contributed by atoms with Crippen molar-refractivity contribution in [2.45, 2.75) is 6.29 Å². The van der Waals surface area contributed by atoms with Gasteiger partial charge in [-0.1, -0.05) is 18.7 Å². The number of hydrogen-bond donors (Lipinski definition) is 2. The Balaban J connectivity index is 2.78. The Morgan fingerprint density at radius 3 is 2.71 bits per heavy atom. The summed E-state index contributed by atoms with van der Waals surface area (Å²) in [5.41, 5.74) is 1.53. The van der Waals surface area contributed by atoms with Crippen LogP contribution in [0.3, 0.4) is 0 Å². The molecule has 2 aromatic rings. The van der Waals surface area contributed by atoms with Crippen LogP contribution in [0.25, 0.3) is 17.2 Å². The van der Waals surface area contributed by atoms with E-state index in [2.05, 4.69) is 11.6 Å². The number of aliphatic hydroxyl groups is 2. The van der Waals surface area contributed by atoms with Crippen LogP contribution < -0.4 is 0 Å². The maximum Gasteiger partial charge on any atom is 0.212 e. The summed E-state index contributed by atoms with van der Waals surface area (Å²) < 4.78 is 1.56. The van der Waals surface area contributed by atoms with Crippen LogP contribution in [0.15, 0.2) is 30.8 Å². The van der Waals surface area contributed by atoms with Gasteiger partial charge < -0.3 is 10.2 Å². The Kier molecular flexibility index (Phi) is 2.07. The summed E-state index contributed by atoms with van der Waals surface area (Å²) in [6.45, 7) is 3.60. The predicted octanol–water partition coefficient (Wildman–Crippen LogP) is 1.12. The molecule has 0 aliphatic carbocycles. The van der Waals surface area contributed by atoms with Crippen molar-refractivity contribution in [1.82, 2.24) is 9.55 Å². The minimum atomic E-state index is -1.58. The highest BCUT2D eigenvalue weighted by Gasteiger charge is 2.13. The van der Waals surface area contributed by atoms with Crippen LogP contribution >= 0.6 is 0 Å². The summed E-state index contributed by atoms with van der Waals surface area (Å²) in [6, 6.07) is 7.35. The molecule has 1 aromatic carbocycles. The quantitative estimate of drug-likeness (QED) is 0.697. The fraction of sp³-hybridized carbons (Fsp3) is 0.100. The molecule has 0 saturated carbocycles. The fourth-order valence-electron chi connectivity index (χ4n) is 1.44. The van der Waals surface area contributed by atoms with E-state index in [0.717, 1.165) is 11.0 Å². The number of aliphatic hydroxyl groups excluding tert-OH is 1. The van der Waals surface area contributed by atoms with Gasteiger partial charge in [0, 0.05) is 6.20 Å². The molecule has 1 heterocycles. The molecule has 2 N–H and O–H groups in total. The number of nitrogens with zero attached hydrogens (tertiary/aromatic N) is 2. The Morgan fingerprint density at radius 1 is 1.36 bits per heavy atom. The zero-order chi connectivity index (χ0) is 10.1. The molecule has 1 aromatic heterocycles. The van der Waals surface area contributed by atoms with Crippen LogP contribution in [-0.2, 0) is 0 Å². The van der Waals surface area contributed by atoms with Crippen molar-refractivity contribution in [3.8, 4) is 0 Å². The molecule has 14 heavy (non-hydrogen) atoms. The number of rotatable bonds is 2. The topological polar surface area (TPSA) is 58.3 Å². The lowest BCUT2D eigenvalue weighted by Crippen LogP contribution is -2.03. The van der Waals surface area contributed by atoms with Gasteiger partial charge in [-0.3, -0.25) is 4.57 Å². The maximum absolute atomic E-state index is 9.06. The number of aromatic nitrogens is 2. The largest absolute Gasteiger partial charge is 0.362 e. The Labute approximate surface area is 80.7 Å². The lowest BCUT2D eigenvalue weighted by Gasteiger charge is -2.03. The fourth-order valence-corrected chi connectivity index (χ4v) is 1.44. The van der Waals surface area contributed by atoms with Gasteiger partial charge in [0.25, 0.3) is 0 Å². The SMILES string of the molecule is C=Cn1c(C(O)O)nc2ccccc21. The van der Waals surface area contributed by atoms with Crippen LogP contribution in [0.5, 0.6) is 0 Å². The first kappa shape index (κ1) is 8.93. The molecule has 4 heteroatoms. The summed E-state index contributed by atoms with van der Waals surface area (Å²) in [6.07, 6.45) is -0.0789. The normalized spacial score (nSPS) is 11.1. The second-order valence-corrected chi connectivity index (χ2v) is 2.88. The van der Waals surface area contributed by atoms with Crippen molar-refractivity contribution >= 4 is 17.2 Å². The highest BCUT2D eigenvalue weighted by molar-refractivity contribution is 5.78. The Hall–Kier alpha value is -1.65. The summed E-state index contributed by atoms with van der Waals surface area (Å²) >= 11 is 0. The molecular weight excluding hydrogens is 180 g/mol. The molecule has 0 spiro atoms. The van der Waals surface area contributed by atoms with Crippen LogP contribution in [-0.4, -0.2) is 19.8 Å². The van der Waals surface area contributed by atoms with Crippen LogP contribution in [0.1, 0.15) is 12.1 Å². The average molecular weight is 190 g/mol. The van der Waals surface area contributed by atoms with E-state index in [4.69, 9.17) is 10.2 Å². The summed E-state index contributed by atoms with van der Waals surface area (Å²) in [7, 11) is 0. The Bertz CT molecular complexity index is 474. The molecule has 72 valence electrons. The molecule has 4 nitrogen and oxygen atoms in total. The first-order valence-corrected chi connectivity index (χ1v) is 4.19. The second kappa shape index (κ2) is 3.25. The van der Waals surface area contributed by atoms with Crippen molar-refractivity contribution in [1.29, 1.82) is 0 Å². The van der Waals surface area contributed by atoms with Crippen molar-refractivity contribution in [3.63, 3.8) is 0 Å². The van der Waals surface area contributed by atoms with Crippen molar-refractivity contribution in [2.75, 3.05) is 0 Å². The zero-order valence-electron chi connectivity index (χ0n) is 7.46. The van der Waals surface area contributed by atoms with Crippen molar-refractivity contribution < 1.29 is 10.2 Å². The lowest BCUT2D eigenvalue weighted by molar-refractivity contribution is -0.0498. The van der Waals surface area contributed by atoms with Crippen molar-refractivity contribution in [3.05, 3.63) is 36.7 Å². The van der Waals surface area contributed by atoms with Gasteiger partial charge in [0.05, 0.1) is 11.0 Å². The third-order valence-electron chi connectivity index (χ3n) is 2.04. The van der Waals surface area contributed by atoms with Gasteiger partial charge >= 0.3 is 0 Å². The highest BCUT2D eigenvalue weighted by atomic mass is 16.5. The van der Waals surface area contributed by atoms with E-state index in [0.29, 0.717) is 0 Å². The predicted molar refractivity (Wildman–Crippen MR) is 53.3 cm³/mol. The van der Waals surface area contributed by atoms with E-state index >= 15 is 0 Å². The van der Waals surface area contributed by atoms with Crippen LogP contribution in [0.2, 0.25) is 0 Å². The van der Waals surface area contributed by atoms with Gasteiger partial charge in [-0.05, 0) is 12.1 Å². The van der Waals surface area contributed by atoms with Crippen LogP contribution in [0, 0.1) is 0 Å². The molecule has 0 amide bonds. The molecule has 0 fully saturated rings. The van der Waals surface area contributed by atoms with Gasteiger partial charge in [-0.2, -0.15) is 0 Å². The van der Waals surface area contributed by atoms with E-state index < -0.39 is 6.29 Å². The minimum Gasteiger partial charge on any atom is -0.362 e. The number of fused-ring (bicyclic) bond motifs is 1. The van der Waals surface area contributed by atoms with Crippen molar-refractivity contribution in [2.24, 2.45) is 0 Å². The molecule has 0 radical (unpaired) electrons. The minimum absolute atomic E-state index is 0.182. The molecule has 0 aliphatic heterocycles. The number of hydrogen-bond acceptors (Lipinski definition) is 3. The molecule has 0 unspecified atom stereocenters. The smallest absolute Gasteiger partial charge is 0.212 e. The number of benzene rings is 1. The molecule has 0 aliphatic rings. The van der Waals surface area contributed by atoms with E-state index in [1.54, 1.807) is 10.6 Å². The summed E-state index contributed by atoms with van der Waals surface area (Å²) in [4.78, 5) is 4.07. The van der Waals surface area contributed by atoms with Crippen LogP contribution in [0.4, 0.5) is 0 Å². The van der Waals surface area contributed by atoms with E-state index in [1.165, 1.54) is 6.20 Å². The van der Waals surface area contributed by atoms with Gasteiger partial charge in [0.15, 0.2) is 5.82 Å². The molecule has 2 rings (SSSR count). The standard InChI is InChI=1S/C10H10N2O2/c1-2-12-8-6-4-3-5-7(8)11-9(12)10(13)14/h2-6,10,13-14H,1H2. The van der Waals surface area contributed by atoms with Gasteiger partial charge in [0.1, 0.15) is 0 Å². The number of imidazole rings is 1. The van der Waals surface area contributed by atoms with E-state index in [1.807, 2.05) is 18.2 Å². The summed E-state index contributed by atoms with van der Waals surface area (Å²) in [5, 5.41) is 18.1. The molecule has 0 atom stereocenters. The maximum atomic E-state index is 9.06. The summed E-state index contributed by atoms with van der Waals surface area (Å²) in [5.74, 6) is 0.182. The highest BCUT2D eigenvalue weighted by Crippen LogP contribution is 2.19. The second-order valence-electron chi connectivity index (χ2n) is 2.88. The molecule has 0 bridgehead atoms. The van der Waals surface area contributed by atoms with Gasteiger partial charge in [-0.25, -0.2) is 4.98 Å². The Morgan fingerprint density at radius 2 is 2.07 bits per heavy atom. The number of para-hydroxylation sites is 2. The van der Waals surface area contributed by atoms with E-state index in [9.17, 15) is 0 Å². The molecule has 0 saturated heterocycles. The zero-order valence-corrected chi connectivity index (χ0v) is 7.46. The third kappa shape index (κ3) is 1.21. The average Bonchev–Trinajstić information content (AvgIpc) is 2.56. The molecular formula is C10H10N2O2. The first-order valence-electron chi connectivity index (χ1n) is 4.19. The van der Waals surface area contributed by atoms with Gasteiger partial charge in [0.2, 0.25) is 6.29 Å². The van der Waals surface area contributed by atoms with Gasteiger partial charge in [-0.15, -0.1) is 0 Å².